The number of halogens is 2. The van der Waals surface area contributed by atoms with Crippen LogP contribution in [0.5, 0.6) is 5.75 Å². The molecule has 218 valence electrons. The van der Waals surface area contributed by atoms with Crippen molar-refractivity contribution in [2.24, 2.45) is 0 Å². The van der Waals surface area contributed by atoms with Crippen molar-refractivity contribution in [3.8, 4) is 17.0 Å². The number of fused-ring (bicyclic) bond motifs is 1. The molecule has 8 nitrogen and oxygen atoms in total. The first-order valence-electron chi connectivity index (χ1n) is 14.2. The smallest absolute Gasteiger partial charge is 0.314 e. The van der Waals surface area contributed by atoms with Crippen LogP contribution in [0, 0.1) is 11.6 Å². The summed E-state index contributed by atoms with van der Waals surface area (Å²) in [4.78, 5) is 25.1. The number of nitrogens with zero attached hydrogens (tertiary/aromatic N) is 4. The average molecular weight is 565 g/mol. The van der Waals surface area contributed by atoms with Gasteiger partial charge >= 0.3 is 6.03 Å². The number of carbonyl (C=O) groups is 1. The van der Waals surface area contributed by atoms with E-state index in [1.807, 2.05) is 18.7 Å². The van der Waals surface area contributed by atoms with E-state index in [0.29, 0.717) is 49.1 Å². The molecule has 3 aromatic rings. The number of nitrogens with one attached hydrogen (secondary N) is 2. The van der Waals surface area contributed by atoms with Crippen molar-refractivity contribution in [3.63, 3.8) is 0 Å². The summed E-state index contributed by atoms with van der Waals surface area (Å²) in [5.41, 5.74) is 4.22. The van der Waals surface area contributed by atoms with Gasteiger partial charge in [-0.1, -0.05) is 18.2 Å². The zero-order chi connectivity index (χ0) is 29.1. The van der Waals surface area contributed by atoms with Gasteiger partial charge in [0.05, 0.1) is 18.4 Å². The molecule has 0 radical (unpaired) electrons. The number of hydrogen-bond acceptors (Lipinski definition) is 6. The molecule has 2 aliphatic rings. The van der Waals surface area contributed by atoms with E-state index >= 15 is 8.78 Å². The van der Waals surface area contributed by atoms with Gasteiger partial charge in [-0.15, -0.1) is 0 Å². The second-order valence-electron chi connectivity index (χ2n) is 11.1. The van der Waals surface area contributed by atoms with Crippen LogP contribution in [0.3, 0.4) is 0 Å². The molecule has 0 spiro atoms. The van der Waals surface area contributed by atoms with Gasteiger partial charge in [0.25, 0.3) is 0 Å². The number of anilines is 1. The molecule has 0 aliphatic carbocycles. The monoisotopic (exact) mass is 564 g/mol. The van der Waals surface area contributed by atoms with Crippen molar-refractivity contribution in [3.05, 3.63) is 70.7 Å². The summed E-state index contributed by atoms with van der Waals surface area (Å²) in [6.45, 7) is 7.53. The lowest BCUT2D eigenvalue weighted by atomic mass is 9.85. The molecule has 0 atom stereocenters. The molecule has 2 N–H and O–H groups in total. The van der Waals surface area contributed by atoms with Gasteiger partial charge in [-0.05, 0) is 81.6 Å². The first-order valence-corrected chi connectivity index (χ1v) is 14.2. The van der Waals surface area contributed by atoms with Crippen molar-refractivity contribution < 1.29 is 18.3 Å². The number of urea groups is 1. The number of likely N-dealkylation sites (tertiary alicyclic amines) is 1. The molecule has 0 unspecified atom stereocenters. The first-order chi connectivity index (χ1) is 19.7. The quantitative estimate of drug-likeness (QED) is 0.427. The molecule has 0 saturated carbocycles. The van der Waals surface area contributed by atoms with Crippen molar-refractivity contribution in [2.45, 2.75) is 51.6 Å². The number of hydrogen-bond donors (Lipinski definition) is 2. The Labute approximate surface area is 240 Å². The highest BCUT2D eigenvalue weighted by molar-refractivity contribution is 5.73. The lowest BCUT2D eigenvalue weighted by molar-refractivity contribution is 0.242. The maximum atomic E-state index is 15.1. The topological polar surface area (TPSA) is 82.6 Å². The van der Waals surface area contributed by atoms with E-state index in [0.717, 1.165) is 43.3 Å². The van der Waals surface area contributed by atoms with Gasteiger partial charge in [-0.3, -0.25) is 0 Å². The molecule has 2 aromatic carbocycles. The largest absolute Gasteiger partial charge is 0.486 e. The number of benzene rings is 2. The van der Waals surface area contributed by atoms with E-state index < -0.39 is 11.6 Å². The SMILES string of the molecule is CNC(=O)NCc1cc(Cc2ncc(F)c(-c3cc(F)c4c(c3)N(C(C)C)CCO4)n2)ccc1C1CCN(C)CC1. The molecule has 10 heteroatoms. The third kappa shape index (κ3) is 6.43. The Kier molecular flexibility index (Phi) is 8.68. The highest BCUT2D eigenvalue weighted by Gasteiger charge is 2.26. The summed E-state index contributed by atoms with van der Waals surface area (Å²) in [5.74, 6) is -0.127. The number of amides is 2. The molecule has 2 amide bonds. The van der Waals surface area contributed by atoms with Crippen LogP contribution in [-0.4, -0.2) is 67.3 Å². The van der Waals surface area contributed by atoms with Crippen LogP contribution in [0.15, 0.2) is 36.5 Å². The summed E-state index contributed by atoms with van der Waals surface area (Å²) >= 11 is 0. The van der Waals surface area contributed by atoms with Gasteiger partial charge in [-0.2, -0.15) is 0 Å². The number of ether oxygens (including phenoxy) is 1. The zero-order valence-corrected chi connectivity index (χ0v) is 24.1. The fourth-order valence-electron chi connectivity index (χ4n) is 5.75. The minimum absolute atomic E-state index is 0.0513. The van der Waals surface area contributed by atoms with Crippen molar-refractivity contribution in [1.82, 2.24) is 25.5 Å². The predicted molar refractivity (Wildman–Crippen MR) is 155 cm³/mol. The van der Waals surface area contributed by atoms with E-state index in [9.17, 15) is 4.79 Å². The van der Waals surface area contributed by atoms with Gasteiger partial charge in [0.15, 0.2) is 17.4 Å². The summed E-state index contributed by atoms with van der Waals surface area (Å²) in [5, 5.41) is 5.52. The highest BCUT2D eigenvalue weighted by atomic mass is 19.1. The van der Waals surface area contributed by atoms with Crippen molar-refractivity contribution in [1.29, 1.82) is 0 Å². The predicted octanol–water partition coefficient (Wildman–Crippen LogP) is 4.86. The summed E-state index contributed by atoms with van der Waals surface area (Å²) in [7, 11) is 3.73. The molecule has 1 saturated heterocycles. The molecule has 1 fully saturated rings. The first kappa shape index (κ1) is 28.7. The van der Waals surface area contributed by atoms with E-state index in [4.69, 9.17) is 4.74 Å². The molecular formula is C31H38F2N6O2. The fraction of sp³-hybridized carbons (Fsp3) is 0.452. The van der Waals surface area contributed by atoms with Gasteiger partial charge in [-0.25, -0.2) is 23.5 Å². The van der Waals surface area contributed by atoms with Crippen LogP contribution in [0.4, 0.5) is 19.3 Å². The number of piperidine rings is 1. The second kappa shape index (κ2) is 12.4. The lowest BCUT2D eigenvalue weighted by Gasteiger charge is -2.34. The van der Waals surface area contributed by atoms with E-state index in [1.165, 1.54) is 11.6 Å². The van der Waals surface area contributed by atoms with Crippen molar-refractivity contribution in [2.75, 3.05) is 45.2 Å². The standard InChI is InChI=1S/C31H38F2N6O2/c1-19(2)39-11-12-41-30-25(32)15-22(16-27(30)39)29-26(33)18-35-28(37-29)14-20-5-6-24(21-7-9-38(4)10-8-21)23(13-20)17-36-31(40)34-3/h5-6,13,15-16,18-19,21H,7-12,14,17H2,1-4H3,(H2,34,36,40). The normalized spacial score (nSPS) is 15.9. The zero-order valence-electron chi connectivity index (χ0n) is 24.1. The third-order valence-corrected chi connectivity index (χ3v) is 8.00. The second-order valence-corrected chi connectivity index (χ2v) is 11.1. The Morgan fingerprint density at radius 1 is 1.12 bits per heavy atom. The molecule has 0 bridgehead atoms. The Morgan fingerprint density at radius 3 is 2.63 bits per heavy atom. The Hall–Kier alpha value is -3.79. The lowest BCUT2D eigenvalue weighted by Crippen LogP contribution is -2.38. The summed E-state index contributed by atoms with van der Waals surface area (Å²) in [6.07, 6.45) is 3.63. The van der Waals surface area contributed by atoms with Crippen LogP contribution in [0.1, 0.15) is 55.1 Å². The Balaban J connectivity index is 1.44. The minimum Gasteiger partial charge on any atom is -0.486 e. The van der Waals surface area contributed by atoms with E-state index in [-0.39, 0.29) is 23.5 Å². The van der Waals surface area contributed by atoms with Gasteiger partial charge in [0, 0.05) is 31.6 Å². The van der Waals surface area contributed by atoms with E-state index in [2.05, 4.69) is 50.7 Å². The fourth-order valence-corrected chi connectivity index (χ4v) is 5.75. The average Bonchev–Trinajstić information content (AvgIpc) is 2.97. The van der Waals surface area contributed by atoms with Crippen LogP contribution >= 0.6 is 0 Å². The minimum atomic E-state index is -0.617. The van der Waals surface area contributed by atoms with Crippen LogP contribution in [-0.2, 0) is 13.0 Å². The van der Waals surface area contributed by atoms with Crippen LogP contribution in [0.2, 0.25) is 0 Å². The molecule has 41 heavy (non-hydrogen) atoms. The van der Waals surface area contributed by atoms with Crippen molar-refractivity contribution >= 4 is 11.7 Å². The summed E-state index contributed by atoms with van der Waals surface area (Å²) in [6, 6.07) is 9.17. The Morgan fingerprint density at radius 2 is 1.90 bits per heavy atom. The van der Waals surface area contributed by atoms with Gasteiger partial charge in [0.1, 0.15) is 18.1 Å². The maximum Gasteiger partial charge on any atom is 0.314 e. The molecule has 2 aliphatic heterocycles. The maximum absolute atomic E-state index is 15.1. The third-order valence-electron chi connectivity index (χ3n) is 8.00. The van der Waals surface area contributed by atoms with Crippen LogP contribution < -0.4 is 20.3 Å². The van der Waals surface area contributed by atoms with Crippen LogP contribution in [0.25, 0.3) is 11.3 Å². The molecule has 5 rings (SSSR count). The number of rotatable bonds is 7. The Bertz CT molecular complexity index is 1410. The van der Waals surface area contributed by atoms with Gasteiger partial charge in [0.2, 0.25) is 0 Å². The number of aromatic nitrogens is 2. The molecule has 1 aromatic heterocycles. The molecule has 3 heterocycles. The number of carbonyl (C=O) groups excluding carboxylic acids is 1. The summed E-state index contributed by atoms with van der Waals surface area (Å²) < 4.78 is 35.7. The van der Waals surface area contributed by atoms with E-state index in [1.54, 1.807) is 13.1 Å². The van der Waals surface area contributed by atoms with Gasteiger partial charge < -0.3 is 25.2 Å². The highest BCUT2D eigenvalue weighted by Crippen LogP contribution is 2.39. The molecular weight excluding hydrogens is 526 g/mol.